The number of rotatable bonds is 4. The van der Waals surface area contributed by atoms with Crippen molar-refractivity contribution in [2.75, 3.05) is 14.2 Å². The standard InChI is InChI=1S/C13H11Br2ClO2S/c1-17-10-6-8(14)11(18-2)5-7(10)12(15)13-9(16)3-4-19-13/h3-6,12H,1-2H3. The number of thiophene rings is 1. The lowest BCUT2D eigenvalue weighted by atomic mass is 10.1. The van der Waals surface area contributed by atoms with E-state index >= 15 is 0 Å². The molecule has 0 radical (unpaired) electrons. The smallest absolute Gasteiger partial charge is 0.133 e. The minimum Gasteiger partial charge on any atom is -0.496 e. The Hall–Kier alpha value is -0.230. The van der Waals surface area contributed by atoms with Gasteiger partial charge in [-0.2, -0.15) is 0 Å². The highest BCUT2D eigenvalue weighted by atomic mass is 79.9. The zero-order valence-corrected chi connectivity index (χ0v) is 15.0. The third-order valence-electron chi connectivity index (χ3n) is 2.65. The largest absolute Gasteiger partial charge is 0.496 e. The van der Waals surface area contributed by atoms with Crippen LogP contribution in [0.1, 0.15) is 15.3 Å². The summed E-state index contributed by atoms with van der Waals surface area (Å²) in [5.74, 6) is 1.53. The Morgan fingerprint density at radius 3 is 2.42 bits per heavy atom. The molecule has 0 N–H and O–H groups in total. The Balaban J connectivity index is 2.51. The van der Waals surface area contributed by atoms with Crippen LogP contribution >= 0.6 is 54.8 Å². The van der Waals surface area contributed by atoms with Gasteiger partial charge in [-0.05, 0) is 39.5 Å². The summed E-state index contributed by atoms with van der Waals surface area (Å²) in [6.07, 6.45) is 0. The van der Waals surface area contributed by atoms with Crippen LogP contribution in [0.3, 0.4) is 0 Å². The van der Waals surface area contributed by atoms with Gasteiger partial charge in [0.05, 0.1) is 28.5 Å². The molecule has 0 fully saturated rings. The third-order valence-corrected chi connectivity index (χ3v) is 5.95. The van der Waals surface area contributed by atoms with Crippen LogP contribution in [0.5, 0.6) is 11.5 Å². The quantitative estimate of drug-likeness (QED) is 0.587. The molecule has 1 aromatic carbocycles. The molecule has 1 atom stereocenters. The first kappa shape index (κ1) is 15.2. The predicted octanol–water partition coefficient (Wildman–Crippen LogP) is 5.67. The van der Waals surface area contributed by atoms with Gasteiger partial charge in [-0.1, -0.05) is 27.5 Å². The molecule has 1 aromatic heterocycles. The summed E-state index contributed by atoms with van der Waals surface area (Å²) in [4.78, 5) is 1.02. The Morgan fingerprint density at radius 1 is 1.21 bits per heavy atom. The van der Waals surface area contributed by atoms with E-state index in [-0.39, 0.29) is 4.83 Å². The van der Waals surface area contributed by atoms with Crippen molar-refractivity contribution < 1.29 is 9.47 Å². The maximum atomic E-state index is 6.18. The van der Waals surface area contributed by atoms with Gasteiger partial charge in [0.25, 0.3) is 0 Å². The first-order valence-electron chi connectivity index (χ1n) is 5.36. The number of methoxy groups -OCH3 is 2. The fourth-order valence-electron chi connectivity index (χ4n) is 1.71. The summed E-state index contributed by atoms with van der Waals surface area (Å²) < 4.78 is 11.6. The molecule has 0 bridgehead atoms. The van der Waals surface area contributed by atoms with Crippen molar-refractivity contribution in [3.8, 4) is 11.5 Å². The summed E-state index contributed by atoms with van der Waals surface area (Å²) in [6, 6.07) is 5.72. The van der Waals surface area contributed by atoms with Crippen LogP contribution in [0, 0.1) is 0 Å². The van der Waals surface area contributed by atoms with Gasteiger partial charge in [0.15, 0.2) is 0 Å². The van der Waals surface area contributed by atoms with Crippen molar-refractivity contribution in [1.29, 1.82) is 0 Å². The second-order valence-electron chi connectivity index (χ2n) is 3.72. The van der Waals surface area contributed by atoms with E-state index in [0.717, 1.165) is 31.4 Å². The van der Waals surface area contributed by atoms with Crippen LogP contribution < -0.4 is 9.47 Å². The molecular formula is C13H11Br2ClO2S. The summed E-state index contributed by atoms with van der Waals surface area (Å²) in [6.45, 7) is 0. The molecule has 0 amide bonds. The summed E-state index contributed by atoms with van der Waals surface area (Å²) >= 11 is 14.9. The van der Waals surface area contributed by atoms with Gasteiger partial charge in [0.2, 0.25) is 0 Å². The Bertz CT molecular complexity index is 586. The molecule has 1 unspecified atom stereocenters. The van der Waals surface area contributed by atoms with E-state index in [1.54, 1.807) is 25.6 Å². The molecule has 6 heteroatoms. The number of alkyl halides is 1. The molecule has 19 heavy (non-hydrogen) atoms. The lowest BCUT2D eigenvalue weighted by Crippen LogP contribution is -1.98. The highest BCUT2D eigenvalue weighted by Gasteiger charge is 2.21. The Labute approximate surface area is 137 Å². The number of halogens is 3. The second kappa shape index (κ2) is 6.48. The zero-order chi connectivity index (χ0) is 14.0. The zero-order valence-electron chi connectivity index (χ0n) is 10.2. The average molecular weight is 427 g/mol. The monoisotopic (exact) mass is 424 g/mol. The molecule has 102 valence electrons. The van der Waals surface area contributed by atoms with Crippen LogP contribution in [-0.2, 0) is 0 Å². The summed E-state index contributed by atoms with van der Waals surface area (Å²) in [5, 5.41) is 2.71. The topological polar surface area (TPSA) is 18.5 Å². The maximum Gasteiger partial charge on any atom is 0.133 e. The molecular weight excluding hydrogens is 415 g/mol. The van der Waals surface area contributed by atoms with Gasteiger partial charge in [-0.15, -0.1) is 11.3 Å². The van der Waals surface area contributed by atoms with Gasteiger partial charge in [-0.3, -0.25) is 0 Å². The van der Waals surface area contributed by atoms with E-state index in [0.29, 0.717) is 0 Å². The molecule has 0 aliphatic rings. The van der Waals surface area contributed by atoms with E-state index in [9.17, 15) is 0 Å². The average Bonchev–Trinajstić information content (AvgIpc) is 2.83. The van der Waals surface area contributed by atoms with E-state index in [1.807, 2.05) is 23.6 Å². The van der Waals surface area contributed by atoms with Crippen LogP contribution in [-0.4, -0.2) is 14.2 Å². The van der Waals surface area contributed by atoms with Crippen LogP contribution in [0.4, 0.5) is 0 Å². The van der Waals surface area contributed by atoms with Crippen molar-refractivity contribution in [2.45, 2.75) is 4.83 Å². The lowest BCUT2D eigenvalue weighted by Gasteiger charge is -2.16. The van der Waals surface area contributed by atoms with Gasteiger partial charge >= 0.3 is 0 Å². The third kappa shape index (κ3) is 3.10. The summed E-state index contributed by atoms with van der Waals surface area (Å²) in [5.41, 5.74) is 0.979. The van der Waals surface area contributed by atoms with Gasteiger partial charge in [0.1, 0.15) is 11.5 Å². The Morgan fingerprint density at radius 2 is 1.89 bits per heavy atom. The van der Waals surface area contributed by atoms with Gasteiger partial charge in [-0.25, -0.2) is 0 Å². The first-order chi connectivity index (χ1) is 9.08. The number of hydrogen-bond donors (Lipinski definition) is 0. The highest BCUT2D eigenvalue weighted by molar-refractivity contribution is 9.10. The summed E-state index contributed by atoms with van der Waals surface area (Å²) in [7, 11) is 3.28. The number of hydrogen-bond acceptors (Lipinski definition) is 3. The molecule has 2 rings (SSSR count). The molecule has 0 aliphatic carbocycles. The van der Waals surface area contributed by atoms with Crippen LogP contribution in [0.15, 0.2) is 28.1 Å². The fourth-order valence-corrected chi connectivity index (χ4v) is 4.41. The molecule has 0 saturated heterocycles. The van der Waals surface area contributed by atoms with Crippen molar-refractivity contribution >= 4 is 54.8 Å². The normalized spacial score (nSPS) is 12.3. The van der Waals surface area contributed by atoms with Crippen molar-refractivity contribution in [2.24, 2.45) is 0 Å². The maximum absolute atomic E-state index is 6.18. The van der Waals surface area contributed by atoms with E-state index in [1.165, 1.54) is 0 Å². The number of ether oxygens (including phenoxy) is 2. The van der Waals surface area contributed by atoms with Crippen molar-refractivity contribution in [1.82, 2.24) is 0 Å². The SMILES string of the molecule is COc1cc(C(Br)c2sccc2Cl)c(OC)cc1Br. The minimum absolute atomic E-state index is 0.0306. The van der Waals surface area contributed by atoms with Gasteiger partial charge < -0.3 is 9.47 Å². The van der Waals surface area contributed by atoms with Crippen LogP contribution in [0.25, 0.3) is 0 Å². The minimum atomic E-state index is -0.0306. The fraction of sp³-hybridized carbons (Fsp3) is 0.231. The molecule has 0 aliphatic heterocycles. The van der Waals surface area contributed by atoms with E-state index < -0.39 is 0 Å². The van der Waals surface area contributed by atoms with Gasteiger partial charge in [0, 0.05) is 10.4 Å². The lowest BCUT2D eigenvalue weighted by molar-refractivity contribution is 0.397. The first-order valence-corrected chi connectivity index (χ1v) is 8.33. The van der Waals surface area contributed by atoms with Crippen molar-refractivity contribution in [3.05, 3.63) is 43.5 Å². The molecule has 0 saturated carbocycles. The Kier molecular flexibility index (Phi) is 5.17. The van der Waals surface area contributed by atoms with Crippen molar-refractivity contribution in [3.63, 3.8) is 0 Å². The molecule has 2 nitrogen and oxygen atoms in total. The second-order valence-corrected chi connectivity index (χ2v) is 6.85. The van der Waals surface area contributed by atoms with E-state index in [4.69, 9.17) is 21.1 Å². The van der Waals surface area contributed by atoms with Crippen LogP contribution in [0.2, 0.25) is 5.02 Å². The predicted molar refractivity (Wildman–Crippen MR) is 87.3 cm³/mol. The highest BCUT2D eigenvalue weighted by Crippen LogP contribution is 2.45. The molecule has 1 heterocycles. The molecule has 0 spiro atoms. The van der Waals surface area contributed by atoms with E-state index in [2.05, 4.69) is 31.9 Å². The number of benzene rings is 1. The molecule has 2 aromatic rings.